The van der Waals surface area contributed by atoms with Crippen LogP contribution in [0, 0.1) is 6.92 Å². The van der Waals surface area contributed by atoms with Gasteiger partial charge in [-0.25, -0.2) is 4.68 Å². The summed E-state index contributed by atoms with van der Waals surface area (Å²) in [5, 5.41) is 11.8. The largest absolute Gasteiger partial charge is 0.494 e. The predicted octanol–water partition coefficient (Wildman–Crippen LogP) is 4.22. The van der Waals surface area contributed by atoms with Crippen molar-refractivity contribution in [3.8, 4) is 17.1 Å². The zero-order valence-electron chi connectivity index (χ0n) is 17.7. The zero-order valence-corrected chi connectivity index (χ0v) is 18.5. The van der Waals surface area contributed by atoms with Crippen molar-refractivity contribution in [3.63, 3.8) is 0 Å². The monoisotopic (exact) mass is 425 g/mol. The number of hydrogen-bond donors (Lipinski definition) is 2. The number of aryl methyl sites for hydroxylation is 1. The molecule has 158 valence electrons. The van der Waals surface area contributed by atoms with Crippen molar-refractivity contribution in [1.29, 1.82) is 0 Å². The van der Waals surface area contributed by atoms with E-state index >= 15 is 0 Å². The van der Waals surface area contributed by atoms with Crippen LogP contribution in [0.15, 0.2) is 47.6 Å². The Morgan fingerprint density at radius 2 is 1.93 bits per heavy atom. The van der Waals surface area contributed by atoms with Crippen molar-refractivity contribution in [2.24, 2.45) is 0 Å². The Morgan fingerprint density at radius 3 is 2.60 bits per heavy atom. The molecule has 8 heteroatoms. The number of carbonyl (C=O) groups is 1. The lowest BCUT2D eigenvalue weighted by atomic mass is 9.98. The molecular formula is C22H27N5O2S. The SMILES string of the molecule is CCOc1ccc(-c2nnc(SCC(=O)Nc3c(C)cccc3C(C)C)n2N)cc1. The number of aromatic nitrogens is 3. The molecule has 0 radical (unpaired) electrons. The maximum atomic E-state index is 12.6. The van der Waals surface area contributed by atoms with Crippen LogP contribution in [0.2, 0.25) is 0 Å². The molecule has 0 spiro atoms. The van der Waals surface area contributed by atoms with Crippen molar-refractivity contribution in [3.05, 3.63) is 53.6 Å². The van der Waals surface area contributed by atoms with Crippen molar-refractivity contribution >= 4 is 23.4 Å². The first kappa shape index (κ1) is 21.7. The van der Waals surface area contributed by atoms with Crippen molar-refractivity contribution in [2.75, 3.05) is 23.5 Å². The van der Waals surface area contributed by atoms with Crippen LogP contribution >= 0.6 is 11.8 Å². The molecule has 0 fully saturated rings. The van der Waals surface area contributed by atoms with E-state index in [2.05, 4.69) is 29.4 Å². The van der Waals surface area contributed by atoms with E-state index in [9.17, 15) is 4.79 Å². The van der Waals surface area contributed by atoms with Crippen LogP contribution in [0.4, 0.5) is 5.69 Å². The Morgan fingerprint density at radius 1 is 1.20 bits per heavy atom. The molecular weight excluding hydrogens is 398 g/mol. The van der Waals surface area contributed by atoms with Gasteiger partial charge in [0.1, 0.15) is 5.75 Å². The van der Waals surface area contributed by atoms with Gasteiger partial charge in [0.25, 0.3) is 0 Å². The lowest BCUT2D eigenvalue weighted by Crippen LogP contribution is -2.18. The van der Waals surface area contributed by atoms with Crippen molar-refractivity contribution in [2.45, 2.75) is 38.8 Å². The van der Waals surface area contributed by atoms with Gasteiger partial charge >= 0.3 is 0 Å². The molecule has 0 aliphatic rings. The summed E-state index contributed by atoms with van der Waals surface area (Å²) in [5.74, 6) is 7.87. The normalized spacial score (nSPS) is 11.0. The maximum Gasteiger partial charge on any atom is 0.234 e. The standard InChI is InChI=1S/C22H27N5O2S/c1-5-29-17-11-9-16(10-12-17)21-25-26-22(27(21)23)30-13-19(28)24-20-15(4)7-6-8-18(20)14(2)3/h6-12,14H,5,13,23H2,1-4H3,(H,24,28). The minimum absolute atomic E-state index is 0.109. The number of amides is 1. The fourth-order valence-corrected chi connectivity index (χ4v) is 3.74. The van der Waals surface area contributed by atoms with Gasteiger partial charge in [0, 0.05) is 11.3 Å². The van der Waals surface area contributed by atoms with Crippen LogP contribution in [-0.2, 0) is 4.79 Å². The Balaban J connectivity index is 1.67. The highest BCUT2D eigenvalue weighted by molar-refractivity contribution is 7.99. The highest BCUT2D eigenvalue weighted by Gasteiger charge is 2.16. The molecule has 1 aromatic heterocycles. The quantitative estimate of drug-likeness (QED) is 0.414. The number of benzene rings is 2. The number of para-hydroxylation sites is 1. The Kier molecular flexibility index (Phi) is 6.99. The number of hydrogen-bond acceptors (Lipinski definition) is 6. The van der Waals surface area contributed by atoms with Crippen LogP contribution in [0.5, 0.6) is 5.75 Å². The topological polar surface area (TPSA) is 95.1 Å². The smallest absolute Gasteiger partial charge is 0.234 e. The fourth-order valence-electron chi connectivity index (χ4n) is 3.09. The third-order valence-electron chi connectivity index (χ3n) is 4.61. The molecule has 0 bridgehead atoms. The van der Waals surface area contributed by atoms with E-state index in [0.717, 1.165) is 28.1 Å². The van der Waals surface area contributed by atoms with E-state index in [1.807, 2.05) is 56.3 Å². The summed E-state index contributed by atoms with van der Waals surface area (Å²) >= 11 is 1.25. The first-order valence-corrected chi connectivity index (χ1v) is 10.8. The Hall–Kier alpha value is -3.00. The summed E-state index contributed by atoms with van der Waals surface area (Å²) in [7, 11) is 0. The first-order chi connectivity index (χ1) is 14.4. The van der Waals surface area contributed by atoms with Gasteiger partial charge in [0.15, 0.2) is 5.82 Å². The van der Waals surface area contributed by atoms with Crippen LogP contribution in [0.25, 0.3) is 11.4 Å². The van der Waals surface area contributed by atoms with E-state index in [1.165, 1.54) is 16.4 Å². The van der Waals surface area contributed by atoms with Gasteiger partial charge in [0.05, 0.1) is 12.4 Å². The van der Waals surface area contributed by atoms with Gasteiger partial charge in [-0.3, -0.25) is 4.79 Å². The highest BCUT2D eigenvalue weighted by atomic mass is 32.2. The Bertz CT molecular complexity index is 1010. The minimum atomic E-state index is -0.109. The number of rotatable bonds is 8. The van der Waals surface area contributed by atoms with Crippen molar-refractivity contribution < 1.29 is 9.53 Å². The summed E-state index contributed by atoms with van der Waals surface area (Å²) in [6.07, 6.45) is 0. The van der Waals surface area contributed by atoms with Crippen LogP contribution in [0.1, 0.15) is 37.8 Å². The highest BCUT2D eigenvalue weighted by Crippen LogP contribution is 2.28. The molecule has 0 unspecified atom stereocenters. The zero-order chi connectivity index (χ0) is 21.7. The minimum Gasteiger partial charge on any atom is -0.494 e. The molecule has 3 aromatic rings. The average molecular weight is 426 g/mol. The number of nitrogens with zero attached hydrogens (tertiary/aromatic N) is 3. The summed E-state index contributed by atoms with van der Waals surface area (Å²) in [5.41, 5.74) is 3.86. The number of nitrogen functional groups attached to an aromatic ring is 1. The van der Waals surface area contributed by atoms with E-state index in [0.29, 0.717) is 23.5 Å². The number of nitrogens with two attached hydrogens (primary N) is 1. The van der Waals surface area contributed by atoms with Crippen molar-refractivity contribution in [1.82, 2.24) is 14.9 Å². The van der Waals surface area contributed by atoms with Crippen LogP contribution < -0.4 is 15.9 Å². The van der Waals surface area contributed by atoms with Gasteiger partial charge in [-0.1, -0.05) is 43.8 Å². The fraction of sp³-hybridized carbons (Fsp3) is 0.318. The molecule has 0 aliphatic carbocycles. The second-order valence-electron chi connectivity index (χ2n) is 7.16. The molecule has 0 aliphatic heterocycles. The molecule has 30 heavy (non-hydrogen) atoms. The number of nitrogens with one attached hydrogen (secondary N) is 1. The van der Waals surface area contributed by atoms with Gasteiger partial charge in [0.2, 0.25) is 11.1 Å². The van der Waals surface area contributed by atoms with Gasteiger partial charge < -0.3 is 15.9 Å². The lowest BCUT2D eigenvalue weighted by Gasteiger charge is -2.16. The molecule has 0 saturated heterocycles. The lowest BCUT2D eigenvalue weighted by molar-refractivity contribution is -0.113. The molecule has 3 rings (SSSR count). The van der Waals surface area contributed by atoms with Gasteiger partial charge in [-0.2, -0.15) is 0 Å². The second-order valence-corrected chi connectivity index (χ2v) is 8.11. The van der Waals surface area contributed by atoms with Gasteiger partial charge in [-0.15, -0.1) is 10.2 Å². The Labute approximate surface area is 181 Å². The van der Waals surface area contributed by atoms with E-state index in [1.54, 1.807) is 0 Å². The van der Waals surface area contributed by atoms with Crippen LogP contribution in [-0.4, -0.2) is 33.1 Å². The summed E-state index contributed by atoms with van der Waals surface area (Å²) in [6.45, 7) is 8.76. The molecule has 3 N–H and O–H groups in total. The molecule has 0 atom stereocenters. The average Bonchev–Trinajstić information content (AvgIpc) is 3.09. The third kappa shape index (κ3) is 4.94. The first-order valence-electron chi connectivity index (χ1n) is 9.86. The third-order valence-corrected chi connectivity index (χ3v) is 5.55. The number of ether oxygens (including phenoxy) is 1. The molecule has 0 saturated carbocycles. The van der Waals surface area contributed by atoms with E-state index in [-0.39, 0.29) is 11.7 Å². The van der Waals surface area contributed by atoms with E-state index < -0.39 is 0 Å². The second kappa shape index (κ2) is 9.67. The maximum absolute atomic E-state index is 12.6. The summed E-state index contributed by atoms with van der Waals surface area (Å²) in [6, 6.07) is 13.5. The van der Waals surface area contributed by atoms with Crippen LogP contribution in [0.3, 0.4) is 0 Å². The molecule has 1 amide bonds. The molecule has 7 nitrogen and oxygen atoms in total. The number of thioether (sulfide) groups is 1. The summed E-state index contributed by atoms with van der Waals surface area (Å²) < 4.78 is 6.86. The van der Waals surface area contributed by atoms with Gasteiger partial charge in [-0.05, 0) is 55.2 Å². The number of anilines is 1. The van der Waals surface area contributed by atoms with E-state index in [4.69, 9.17) is 10.6 Å². The predicted molar refractivity (Wildman–Crippen MR) is 121 cm³/mol. The summed E-state index contributed by atoms with van der Waals surface area (Å²) in [4.78, 5) is 12.6. The number of carbonyl (C=O) groups excluding carboxylic acids is 1. The molecule has 1 heterocycles. The molecule has 2 aromatic carbocycles.